The number of nitrogens with zero attached hydrogens (tertiary/aromatic N) is 2. The largest absolute Gasteiger partial charge is 0.456 e. The van der Waals surface area contributed by atoms with Crippen LogP contribution in [-0.2, 0) is 12.4 Å². The Bertz CT molecular complexity index is 2800. The van der Waals surface area contributed by atoms with Crippen molar-refractivity contribution >= 4 is 66.7 Å². The molecule has 0 atom stereocenters. The van der Waals surface area contributed by atoms with Crippen molar-refractivity contribution in [1.82, 2.24) is 9.13 Å². The van der Waals surface area contributed by atoms with Crippen LogP contribution < -0.4 is 25.9 Å². The van der Waals surface area contributed by atoms with Gasteiger partial charge in [0.2, 0.25) is 0 Å². The van der Waals surface area contributed by atoms with E-state index in [1.54, 1.807) is 0 Å². The monoisotopic (exact) mass is 736 g/mol. The third-order valence-corrected chi connectivity index (χ3v) is 10.9. The van der Waals surface area contributed by atoms with E-state index in [9.17, 15) is 26.3 Å². The van der Waals surface area contributed by atoms with E-state index in [0.717, 1.165) is 67.9 Å². The summed E-state index contributed by atoms with van der Waals surface area (Å²) in [6, 6.07) is 39.9. The summed E-state index contributed by atoms with van der Waals surface area (Å²) in [6.07, 6.45) is -9.34. The molecule has 0 saturated carbocycles. The highest BCUT2D eigenvalue weighted by Crippen LogP contribution is 2.47. The maximum absolute atomic E-state index is 14.2. The van der Waals surface area contributed by atoms with Gasteiger partial charge in [-0.2, -0.15) is 26.3 Å². The second-order valence-electron chi connectivity index (χ2n) is 13.9. The molecule has 0 radical (unpaired) electrons. The number of alkyl halides is 6. The van der Waals surface area contributed by atoms with Gasteiger partial charge < -0.3 is 18.6 Å². The summed E-state index contributed by atoms with van der Waals surface area (Å²) in [6.45, 7) is -0.845. The van der Waals surface area contributed by atoms with Gasteiger partial charge in [-0.15, -0.1) is 0 Å². The minimum atomic E-state index is -4.67. The first kappa shape index (κ1) is 31.9. The van der Waals surface area contributed by atoms with E-state index < -0.39 is 30.2 Å². The Balaban J connectivity index is 1.33. The minimum Gasteiger partial charge on any atom is -0.456 e. The van der Waals surface area contributed by atoms with Gasteiger partial charge in [0.15, 0.2) is 11.5 Å². The number of fused-ring (bicyclic) bond motifs is 10. The molecule has 0 aliphatic carbocycles. The van der Waals surface area contributed by atoms with E-state index in [4.69, 9.17) is 9.47 Å². The van der Waals surface area contributed by atoms with E-state index in [0.29, 0.717) is 27.8 Å². The van der Waals surface area contributed by atoms with Crippen LogP contribution in [0.3, 0.4) is 0 Å². The molecule has 4 heterocycles. The predicted octanol–water partition coefficient (Wildman–Crippen LogP) is 10.6. The average molecular weight is 736 g/mol. The number of hydrogen-bond donors (Lipinski definition) is 0. The number of benzene rings is 7. The summed E-state index contributed by atoms with van der Waals surface area (Å²) in [5.41, 5.74) is 3.80. The number of ether oxygens (including phenoxy) is 2. The van der Waals surface area contributed by atoms with Crippen LogP contribution in [0.5, 0.6) is 23.0 Å². The molecular weight excluding hydrogens is 713 g/mol. The molecular formula is C44H23BF6N2O2. The van der Waals surface area contributed by atoms with Crippen LogP contribution in [0.25, 0.3) is 55.0 Å². The molecule has 11 rings (SSSR count). The first-order valence-electron chi connectivity index (χ1n) is 17.5. The van der Waals surface area contributed by atoms with Crippen LogP contribution >= 0.6 is 0 Å². The summed E-state index contributed by atoms with van der Waals surface area (Å²) in [7, 11) is 0. The maximum Gasteiger partial charge on any atom is 0.416 e. The molecule has 0 unspecified atom stereocenters. The fourth-order valence-electron chi connectivity index (χ4n) is 8.59. The van der Waals surface area contributed by atoms with E-state index in [1.807, 2.05) is 112 Å². The van der Waals surface area contributed by atoms with Crippen molar-refractivity contribution in [2.75, 3.05) is 0 Å². The lowest BCUT2D eigenvalue weighted by molar-refractivity contribution is -0.138. The number of rotatable bonds is 2. The zero-order valence-corrected chi connectivity index (χ0v) is 28.3. The van der Waals surface area contributed by atoms with Crippen molar-refractivity contribution in [1.29, 1.82) is 0 Å². The Morgan fingerprint density at radius 2 is 0.764 bits per heavy atom. The molecule has 2 aliphatic rings. The molecule has 55 heavy (non-hydrogen) atoms. The second-order valence-corrected chi connectivity index (χ2v) is 13.9. The van der Waals surface area contributed by atoms with Crippen molar-refractivity contribution in [3.8, 4) is 34.4 Å². The lowest BCUT2D eigenvalue weighted by Crippen LogP contribution is -2.58. The molecule has 11 heteroatoms. The molecule has 0 fully saturated rings. The highest BCUT2D eigenvalue weighted by atomic mass is 19.4. The van der Waals surface area contributed by atoms with Crippen molar-refractivity contribution in [2.45, 2.75) is 12.4 Å². The van der Waals surface area contributed by atoms with Crippen LogP contribution in [-0.4, -0.2) is 15.8 Å². The average Bonchev–Trinajstić information content (AvgIpc) is 3.70. The van der Waals surface area contributed by atoms with Crippen LogP contribution in [0.2, 0.25) is 0 Å². The number of aromatic nitrogens is 2. The number of hydrogen-bond acceptors (Lipinski definition) is 2. The molecule has 0 bridgehead atoms. The molecule has 2 aromatic heterocycles. The fourth-order valence-corrected chi connectivity index (χ4v) is 8.59. The topological polar surface area (TPSA) is 28.3 Å². The van der Waals surface area contributed by atoms with Crippen LogP contribution in [0.1, 0.15) is 11.1 Å². The summed E-state index contributed by atoms with van der Waals surface area (Å²) >= 11 is 0. The Kier molecular flexibility index (Phi) is 6.36. The molecule has 0 amide bonds. The second kappa shape index (κ2) is 11.0. The molecule has 0 N–H and O–H groups in total. The normalized spacial score (nSPS) is 13.5. The smallest absolute Gasteiger partial charge is 0.416 e. The minimum absolute atomic E-state index is 0.0438. The quantitative estimate of drug-likeness (QED) is 0.131. The third-order valence-electron chi connectivity index (χ3n) is 10.9. The van der Waals surface area contributed by atoms with Gasteiger partial charge >= 0.3 is 12.4 Å². The van der Waals surface area contributed by atoms with Crippen LogP contribution in [0, 0.1) is 0 Å². The number of para-hydroxylation sites is 4. The molecule has 4 nitrogen and oxygen atoms in total. The maximum atomic E-state index is 14.2. The van der Waals surface area contributed by atoms with Gasteiger partial charge in [0, 0.05) is 27.0 Å². The van der Waals surface area contributed by atoms with Crippen LogP contribution in [0.4, 0.5) is 26.3 Å². The summed E-state index contributed by atoms with van der Waals surface area (Å²) in [4.78, 5) is 0. The van der Waals surface area contributed by atoms with E-state index >= 15 is 0 Å². The van der Waals surface area contributed by atoms with Gasteiger partial charge in [0.1, 0.15) is 11.5 Å². The van der Waals surface area contributed by atoms with Gasteiger partial charge in [-0.3, -0.25) is 0 Å². The van der Waals surface area contributed by atoms with Gasteiger partial charge in [0.25, 0.3) is 6.71 Å². The Labute approximate surface area is 308 Å². The Hall–Kier alpha value is -6.62. The van der Waals surface area contributed by atoms with E-state index in [1.165, 1.54) is 12.1 Å². The molecule has 0 saturated heterocycles. The summed E-state index contributed by atoms with van der Waals surface area (Å²) in [5.74, 6) is 0.400. The Morgan fingerprint density at radius 1 is 0.418 bits per heavy atom. The SMILES string of the molecule is FC(F)(F)c1ccc2c(c1)Oc1c(-n3c4ccccc4c4ccccc43)cc(-n3c4ccccc4c4ccccc43)c3c1B2c1ccc(C(F)(F)F)cc1O3. The van der Waals surface area contributed by atoms with Gasteiger partial charge in [-0.05, 0) is 53.4 Å². The van der Waals surface area contributed by atoms with Crippen molar-refractivity contribution in [2.24, 2.45) is 0 Å². The molecule has 9 aromatic rings. The zero-order chi connectivity index (χ0) is 37.4. The lowest BCUT2D eigenvalue weighted by Gasteiger charge is -2.36. The first-order chi connectivity index (χ1) is 26.6. The van der Waals surface area contributed by atoms with Gasteiger partial charge in [-0.1, -0.05) is 97.1 Å². The molecule has 2 aliphatic heterocycles. The van der Waals surface area contributed by atoms with E-state index in [2.05, 4.69) is 0 Å². The van der Waals surface area contributed by atoms with Gasteiger partial charge in [-0.25, -0.2) is 0 Å². The third kappa shape index (κ3) is 4.49. The molecule has 0 spiro atoms. The summed E-state index contributed by atoms with van der Waals surface area (Å²) < 4.78 is 103. The lowest BCUT2D eigenvalue weighted by atomic mass is 9.34. The predicted molar refractivity (Wildman–Crippen MR) is 203 cm³/mol. The van der Waals surface area contributed by atoms with E-state index in [-0.39, 0.29) is 23.0 Å². The Morgan fingerprint density at radius 3 is 1.11 bits per heavy atom. The van der Waals surface area contributed by atoms with Crippen molar-refractivity contribution in [3.05, 3.63) is 151 Å². The van der Waals surface area contributed by atoms with Crippen molar-refractivity contribution in [3.63, 3.8) is 0 Å². The molecule has 7 aromatic carbocycles. The molecule has 266 valence electrons. The summed E-state index contributed by atoms with van der Waals surface area (Å²) in [5, 5.41) is 3.81. The van der Waals surface area contributed by atoms with Crippen LogP contribution in [0.15, 0.2) is 140 Å². The standard InChI is InChI=1S/C44H23BF6N2O2/c46-43(47,48)24-17-19-30-38(21-24)54-41-36(52-32-13-5-1-9-26(32)27-10-2-6-14-33(27)52)23-37(53-34-15-7-3-11-28(34)29-12-4-8-16-35(29)53)42-40(41)45(30)31-20-18-25(44(49,50)51)22-39(31)55-42/h1-23H. The van der Waals surface area contributed by atoms with Crippen molar-refractivity contribution < 1.29 is 35.8 Å². The number of halogens is 6. The highest BCUT2D eigenvalue weighted by Gasteiger charge is 2.45. The van der Waals surface area contributed by atoms with Gasteiger partial charge in [0.05, 0.1) is 44.6 Å². The fraction of sp³-hybridized carbons (Fsp3) is 0.0455. The highest BCUT2D eigenvalue weighted by molar-refractivity contribution is 6.98. The first-order valence-corrected chi connectivity index (χ1v) is 17.5. The zero-order valence-electron chi connectivity index (χ0n) is 28.3.